The fraction of sp³-hybridized carbons (Fsp3) is 0.500. The van der Waals surface area contributed by atoms with Crippen molar-refractivity contribution in [3.8, 4) is 0 Å². The summed E-state index contributed by atoms with van der Waals surface area (Å²) in [4.78, 5) is 10.1. The highest BCUT2D eigenvalue weighted by Gasteiger charge is 2.29. The fourth-order valence-electron chi connectivity index (χ4n) is 0.155. The Morgan fingerprint density at radius 1 is 1.89 bits per heavy atom. The molecule has 0 saturated heterocycles. The number of carboxylic acid groups (broad SMARTS) is 1. The number of carbonyl (C=O) groups is 1. The maximum absolute atomic E-state index is 10.1. The van der Waals surface area contributed by atoms with Gasteiger partial charge in [-0.15, -0.1) is 0 Å². The molecule has 0 rings (SSSR count). The van der Waals surface area contributed by atoms with Crippen molar-refractivity contribution in [1.29, 1.82) is 0 Å². The highest BCUT2D eigenvalue weighted by molar-refractivity contribution is 7.79. The van der Waals surface area contributed by atoms with E-state index in [1.54, 1.807) is 0 Å². The number of carboxylic acids is 1. The van der Waals surface area contributed by atoms with E-state index >= 15 is 0 Å². The Kier molecular flexibility index (Phi) is 2.69. The fourth-order valence-corrected chi connectivity index (χ4v) is 0.331. The van der Waals surface area contributed by atoms with Crippen LogP contribution in [0, 0.1) is 0 Å². The Hall–Kier alpha value is -0.520. The lowest BCUT2D eigenvalue weighted by molar-refractivity contribution is -0.141. The summed E-state index contributed by atoms with van der Waals surface area (Å²) in [5.74, 6) is -1.32. The summed E-state index contributed by atoms with van der Waals surface area (Å²) in [6.45, 7) is -0.675. The van der Waals surface area contributed by atoms with Crippen LogP contribution in [0.15, 0.2) is 0 Å². The van der Waals surface area contributed by atoms with Crippen LogP contribution in [0.2, 0.25) is 0 Å². The summed E-state index contributed by atoms with van der Waals surface area (Å²) >= 11 is 4.27. The lowest BCUT2D eigenvalue weighted by atomic mass is 10.1. The minimum Gasteiger partial charge on any atom is -0.480 e. The van der Waals surface area contributed by atoms with Crippen LogP contribution >= 0.6 is 12.2 Å². The molecule has 0 radical (unpaired) electrons. The summed E-state index contributed by atoms with van der Waals surface area (Å²) in [5, 5.41) is 17.4. The monoisotopic (exact) mass is 149 g/mol. The van der Waals surface area contributed by atoms with Crippen molar-refractivity contribution in [2.75, 3.05) is 6.61 Å². The van der Waals surface area contributed by atoms with E-state index in [9.17, 15) is 4.79 Å². The van der Waals surface area contributed by atoms with Crippen molar-refractivity contribution < 1.29 is 15.0 Å². The average Bonchev–Trinajstić information content (AvgIpc) is 1.86. The van der Waals surface area contributed by atoms with Crippen LogP contribution in [0.4, 0.5) is 0 Å². The Morgan fingerprint density at radius 2 is 2.33 bits per heavy atom. The van der Waals surface area contributed by atoms with E-state index in [4.69, 9.17) is 15.9 Å². The quantitative estimate of drug-likeness (QED) is 0.437. The van der Waals surface area contributed by atoms with Gasteiger partial charge in [0, 0.05) is 5.37 Å². The van der Waals surface area contributed by atoms with Gasteiger partial charge in [0.2, 0.25) is 0 Å². The second kappa shape index (κ2) is 2.86. The molecule has 0 aromatic rings. The van der Waals surface area contributed by atoms with Crippen LogP contribution in [0.1, 0.15) is 0 Å². The molecule has 0 spiro atoms. The Bertz CT molecular complexity index is 138. The van der Waals surface area contributed by atoms with E-state index < -0.39 is 18.1 Å². The molecule has 52 valence electrons. The van der Waals surface area contributed by atoms with Crippen LogP contribution < -0.4 is 5.73 Å². The molecule has 0 amide bonds. The number of hydrogen-bond donors (Lipinski definition) is 3. The first-order valence-electron chi connectivity index (χ1n) is 2.16. The molecule has 0 saturated carbocycles. The summed E-state index contributed by atoms with van der Waals surface area (Å²) in [5.41, 5.74) is 3.28. The normalized spacial score (nSPS) is 16.2. The van der Waals surface area contributed by atoms with Crippen molar-refractivity contribution in [3.05, 3.63) is 0 Å². The number of thiocarbonyl (C=S) groups is 1. The molecule has 0 aromatic heterocycles. The van der Waals surface area contributed by atoms with Crippen molar-refractivity contribution in [2.45, 2.75) is 5.54 Å². The van der Waals surface area contributed by atoms with Gasteiger partial charge in [-0.2, -0.15) is 0 Å². The molecule has 0 heterocycles. The van der Waals surface area contributed by atoms with E-state index in [1.165, 1.54) is 0 Å². The van der Waals surface area contributed by atoms with Crippen LogP contribution in [0.5, 0.6) is 0 Å². The number of aliphatic carboxylic acids is 1. The van der Waals surface area contributed by atoms with E-state index in [0.29, 0.717) is 0 Å². The van der Waals surface area contributed by atoms with Crippen LogP contribution in [0.3, 0.4) is 0 Å². The first-order valence-corrected chi connectivity index (χ1v) is 2.63. The second-order valence-electron chi connectivity index (χ2n) is 1.62. The SMILES string of the molecule is N[C@@](C=S)(CO)C(=O)O. The maximum Gasteiger partial charge on any atom is 0.331 e. The number of rotatable bonds is 3. The van der Waals surface area contributed by atoms with Crippen molar-refractivity contribution in [3.63, 3.8) is 0 Å². The molecule has 5 heteroatoms. The summed E-state index contributed by atoms with van der Waals surface area (Å²) in [7, 11) is 0. The van der Waals surface area contributed by atoms with Crippen LogP contribution in [0.25, 0.3) is 0 Å². The van der Waals surface area contributed by atoms with Crippen LogP contribution in [-0.4, -0.2) is 33.7 Å². The van der Waals surface area contributed by atoms with Gasteiger partial charge in [0.15, 0.2) is 5.54 Å². The summed E-state index contributed by atoms with van der Waals surface area (Å²) in [6, 6.07) is 0. The third-order valence-corrected chi connectivity index (χ3v) is 1.29. The van der Waals surface area contributed by atoms with Gasteiger partial charge in [-0.05, 0) is 0 Å². The first-order chi connectivity index (χ1) is 4.06. The maximum atomic E-state index is 10.1. The van der Waals surface area contributed by atoms with Gasteiger partial charge >= 0.3 is 5.97 Å². The number of aliphatic hydroxyl groups excluding tert-OH is 1. The van der Waals surface area contributed by atoms with E-state index in [-0.39, 0.29) is 0 Å². The molecule has 0 fully saturated rings. The number of aliphatic hydroxyl groups is 1. The van der Waals surface area contributed by atoms with Crippen molar-refractivity contribution >= 4 is 23.6 Å². The molecule has 9 heavy (non-hydrogen) atoms. The van der Waals surface area contributed by atoms with Gasteiger partial charge in [-0.25, -0.2) is 4.79 Å². The molecule has 0 aromatic carbocycles. The molecule has 0 aliphatic rings. The van der Waals surface area contributed by atoms with E-state index in [0.717, 1.165) is 5.37 Å². The second-order valence-corrected chi connectivity index (χ2v) is 1.86. The van der Waals surface area contributed by atoms with Crippen molar-refractivity contribution in [1.82, 2.24) is 0 Å². The molecular weight excluding hydrogens is 142 g/mol. The topological polar surface area (TPSA) is 83.5 Å². The van der Waals surface area contributed by atoms with Gasteiger partial charge in [0.25, 0.3) is 0 Å². The average molecular weight is 149 g/mol. The molecule has 0 bridgehead atoms. The minimum atomic E-state index is -1.75. The lowest BCUT2D eigenvalue weighted by Gasteiger charge is -2.14. The highest BCUT2D eigenvalue weighted by atomic mass is 32.1. The summed E-state index contributed by atoms with van der Waals surface area (Å²) < 4.78 is 0. The zero-order valence-corrected chi connectivity index (χ0v) is 5.39. The van der Waals surface area contributed by atoms with Crippen molar-refractivity contribution in [2.24, 2.45) is 5.73 Å². The molecular formula is C4H7NO3S. The van der Waals surface area contributed by atoms with Gasteiger partial charge < -0.3 is 15.9 Å². The third kappa shape index (κ3) is 1.70. The van der Waals surface area contributed by atoms with E-state index in [1.807, 2.05) is 0 Å². The Labute approximate surface area is 57.3 Å². The lowest BCUT2D eigenvalue weighted by Crippen LogP contribution is -2.52. The predicted octanol–water partition coefficient (Wildman–Crippen LogP) is -1.24. The van der Waals surface area contributed by atoms with Gasteiger partial charge in [0.1, 0.15) is 0 Å². The standard InChI is InChI=1S/C4H7NO3S/c5-4(1-6,2-9)3(7)8/h2,6H,1,5H2,(H,7,8)/t4-/m1/s1. The van der Waals surface area contributed by atoms with Gasteiger partial charge in [-0.3, -0.25) is 0 Å². The Morgan fingerprint density at radius 3 is 2.33 bits per heavy atom. The number of nitrogens with two attached hydrogens (primary N) is 1. The van der Waals surface area contributed by atoms with E-state index in [2.05, 4.69) is 12.2 Å². The molecule has 1 atom stereocenters. The van der Waals surface area contributed by atoms with Crippen LogP contribution in [-0.2, 0) is 4.79 Å². The third-order valence-electron chi connectivity index (χ3n) is 0.870. The highest BCUT2D eigenvalue weighted by Crippen LogP contribution is 1.94. The Balaban J connectivity index is 4.27. The molecule has 4 N–H and O–H groups in total. The van der Waals surface area contributed by atoms with Gasteiger partial charge in [0.05, 0.1) is 6.61 Å². The number of hydrogen-bond acceptors (Lipinski definition) is 4. The van der Waals surface area contributed by atoms with Gasteiger partial charge in [-0.1, -0.05) is 12.2 Å². The predicted molar refractivity (Wildman–Crippen MR) is 35.3 cm³/mol. The first kappa shape index (κ1) is 8.48. The largest absolute Gasteiger partial charge is 0.480 e. The smallest absolute Gasteiger partial charge is 0.331 e. The molecule has 0 unspecified atom stereocenters. The zero-order chi connectivity index (χ0) is 7.49. The minimum absolute atomic E-state index is 0.675. The molecule has 0 aliphatic heterocycles. The molecule has 4 nitrogen and oxygen atoms in total. The zero-order valence-electron chi connectivity index (χ0n) is 4.57. The summed E-state index contributed by atoms with van der Waals surface area (Å²) in [6.07, 6.45) is 0. The molecule has 0 aliphatic carbocycles.